The molecule has 0 heterocycles. The summed E-state index contributed by atoms with van der Waals surface area (Å²) in [7, 11) is 1.51. The number of nitrogens with zero attached hydrogens (tertiary/aromatic N) is 1. The van der Waals surface area contributed by atoms with Crippen LogP contribution in [0.4, 0.5) is 0 Å². The smallest absolute Gasteiger partial charge is 0.462 e. The van der Waals surface area contributed by atoms with Gasteiger partial charge in [-0.15, -0.1) is 0 Å². The highest BCUT2D eigenvalue weighted by molar-refractivity contribution is 7.47. The molecule has 0 aromatic rings. The summed E-state index contributed by atoms with van der Waals surface area (Å²) in [6.45, 7) is 4.55. The first-order chi connectivity index (χ1) is 43.5. The third kappa shape index (κ3) is 75.9. The number of ether oxygens (including phenoxy) is 2. The molecule has 0 rings (SSSR count). The van der Waals surface area contributed by atoms with E-state index in [2.05, 4.69) is 13.8 Å². The van der Waals surface area contributed by atoms with E-state index in [0.29, 0.717) is 17.4 Å². The van der Waals surface area contributed by atoms with Crippen LogP contribution in [0.1, 0.15) is 444 Å². The summed E-state index contributed by atoms with van der Waals surface area (Å²) in [4.78, 5) is 36.0. The molecule has 0 bridgehead atoms. The standard InChI is InChI=1S/C79H158NO8P/c1-6-8-10-12-14-16-18-20-22-24-26-28-30-32-34-36-38-39-40-42-44-46-48-50-52-54-56-58-60-62-64-66-68-70-72-79(82)88-77(76-87-89(83,84)86-74-73-80(3,4)5)75-85-78(81)71-69-67-65-63-61-59-57-55-53-51-49-47-45-43-41-37-35-33-31-29-27-25-23-21-19-17-15-13-11-9-7-2/h77H,6-76H2,1-5H3/p+1. The summed E-state index contributed by atoms with van der Waals surface area (Å²) in [6, 6.07) is 0. The van der Waals surface area contributed by atoms with E-state index in [1.54, 1.807) is 0 Å². The topological polar surface area (TPSA) is 108 Å². The third-order valence-corrected chi connectivity index (χ3v) is 19.9. The van der Waals surface area contributed by atoms with Crippen LogP contribution < -0.4 is 0 Å². The predicted molar refractivity (Wildman–Crippen MR) is 386 cm³/mol. The quantitative estimate of drug-likeness (QED) is 0.0278. The van der Waals surface area contributed by atoms with Crippen molar-refractivity contribution in [3.63, 3.8) is 0 Å². The molecule has 0 aliphatic carbocycles. The fourth-order valence-corrected chi connectivity index (χ4v) is 13.5. The molecule has 0 saturated carbocycles. The largest absolute Gasteiger partial charge is 0.472 e. The molecule has 2 atom stereocenters. The van der Waals surface area contributed by atoms with Gasteiger partial charge < -0.3 is 18.9 Å². The number of likely N-dealkylation sites (N-methyl/N-ethyl adjacent to an activating group) is 1. The lowest BCUT2D eigenvalue weighted by Crippen LogP contribution is -2.37. The summed E-state index contributed by atoms with van der Waals surface area (Å²) in [6.07, 6.45) is 88.4. The van der Waals surface area contributed by atoms with Crippen LogP contribution in [0.15, 0.2) is 0 Å². The van der Waals surface area contributed by atoms with Crippen LogP contribution >= 0.6 is 7.82 Å². The van der Waals surface area contributed by atoms with Crippen LogP contribution in [0.3, 0.4) is 0 Å². The van der Waals surface area contributed by atoms with E-state index in [1.807, 2.05) is 21.1 Å². The molecule has 0 amide bonds. The van der Waals surface area contributed by atoms with Crippen molar-refractivity contribution in [2.24, 2.45) is 0 Å². The van der Waals surface area contributed by atoms with Gasteiger partial charge in [0.05, 0.1) is 27.7 Å². The number of esters is 2. The van der Waals surface area contributed by atoms with Crippen LogP contribution in [-0.2, 0) is 32.7 Å². The molecule has 0 aliphatic rings. The number of phosphoric ester groups is 1. The Hall–Kier alpha value is -0.990. The minimum absolute atomic E-state index is 0.0379. The van der Waals surface area contributed by atoms with Gasteiger partial charge in [-0.25, -0.2) is 4.57 Å². The summed E-state index contributed by atoms with van der Waals surface area (Å²) >= 11 is 0. The monoisotopic (exact) mass is 1280 g/mol. The fraction of sp³-hybridized carbons (Fsp3) is 0.975. The second kappa shape index (κ2) is 71.3. The molecular weight excluding hydrogens is 1120 g/mol. The van der Waals surface area contributed by atoms with Gasteiger partial charge in [0.2, 0.25) is 0 Å². The van der Waals surface area contributed by atoms with Crippen LogP contribution in [0, 0.1) is 0 Å². The van der Waals surface area contributed by atoms with Crippen LogP contribution in [0.5, 0.6) is 0 Å². The highest BCUT2D eigenvalue weighted by Crippen LogP contribution is 2.43. The van der Waals surface area contributed by atoms with Crippen molar-refractivity contribution < 1.29 is 42.1 Å². The van der Waals surface area contributed by atoms with Crippen LogP contribution in [-0.4, -0.2) is 74.9 Å². The molecule has 0 saturated heterocycles. The van der Waals surface area contributed by atoms with Crippen molar-refractivity contribution in [2.75, 3.05) is 47.5 Å². The minimum Gasteiger partial charge on any atom is -0.462 e. The first-order valence-electron chi connectivity index (χ1n) is 40.3. The average molecular weight is 1280 g/mol. The number of hydrogen-bond acceptors (Lipinski definition) is 7. The maximum atomic E-state index is 12.9. The Bertz CT molecular complexity index is 1460. The Morgan fingerprint density at radius 1 is 0.303 bits per heavy atom. The number of phosphoric acid groups is 1. The van der Waals surface area contributed by atoms with E-state index >= 15 is 0 Å². The number of carbonyl (C=O) groups is 2. The van der Waals surface area contributed by atoms with Gasteiger partial charge in [0.15, 0.2) is 6.10 Å². The lowest BCUT2D eigenvalue weighted by atomic mass is 10.0. The van der Waals surface area contributed by atoms with Gasteiger partial charge in [0.1, 0.15) is 19.8 Å². The molecule has 10 heteroatoms. The molecule has 89 heavy (non-hydrogen) atoms. The highest BCUT2D eigenvalue weighted by atomic mass is 31.2. The minimum atomic E-state index is -4.39. The Balaban J connectivity index is 3.88. The maximum Gasteiger partial charge on any atom is 0.472 e. The summed E-state index contributed by atoms with van der Waals surface area (Å²) in [5.41, 5.74) is 0. The number of quaternary nitrogens is 1. The van der Waals surface area contributed by atoms with E-state index in [-0.39, 0.29) is 25.6 Å². The van der Waals surface area contributed by atoms with Crippen molar-refractivity contribution in [1.82, 2.24) is 0 Å². The molecule has 0 spiro atoms. The molecule has 0 aromatic heterocycles. The first-order valence-corrected chi connectivity index (χ1v) is 41.8. The molecule has 0 fully saturated rings. The average Bonchev–Trinajstić information content (AvgIpc) is 3.60. The lowest BCUT2D eigenvalue weighted by molar-refractivity contribution is -0.870. The zero-order chi connectivity index (χ0) is 64.8. The highest BCUT2D eigenvalue weighted by Gasteiger charge is 2.27. The van der Waals surface area contributed by atoms with E-state index in [0.717, 1.165) is 38.5 Å². The van der Waals surface area contributed by atoms with Crippen LogP contribution in [0.2, 0.25) is 0 Å². The van der Waals surface area contributed by atoms with Gasteiger partial charge in [-0.05, 0) is 12.8 Å². The molecule has 0 aromatic carbocycles. The van der Waals surface area contributed by atoms with Gasteiger partial charge in [0.25, 0.3) is 0 Å². The van der Waals surface area contributed by atoms with Gasteiger partial charge in [-0.3, -0.25) is 18.6 Å². The molecule has 9 nitrogen and oxygen atoms in total. The first kappa shape index (κ1) is 88.0. The second-order valence-electron chi connectivity index (χ2n) is 29.2. The Morgan fingerprint density at radius 3 is 0.719 bits per heavy atom. The summed E-state index contributed by atoms with van der Waals surface area (Å²) in [5, 5.41) is 0. The second-order valence-corrected chi connectivity index (χ2v) is 30.6. The van der Waals surface area contributed by atoms with Gasteiger partial charge >= 0.3 is 19.8 Å². The Labute approximate surface area is 556 Å². The van der Waals surface area contributed by atoms with Crippen molar-refractivity contribution in [3.05, 3.63) is 0 Å². The molecule has 0 aliphatic heterocycles. The molecule has 2 unspecified atom stereocenters. The Kier molecular flexibility index (Phi) is 70.5. The molecule has 0 radical (unpaired) electrons. The lowest BCUT2D eigenvalue weighted by Gasteiger charge is -2.24. The number of hydrogen-bond donors (Lipinski definition) is 1. The fourth-order valence-electron chi connectivity index (χ4n) is 12.7. The third-order valence-electron chi connectivity index (χ3n) is 18.9. The van der Waals surface area contributed by atoms with Crippen molar-refractivity contribution in [1.29, 1.82) is 0 Å². The zero-order valence-electron chi connectivity index (χ0n) is 61.0. The van der Waals surface area contributed by atoms with Gasteiger partial charge in [-0.2, -0.15) is 0 Å². The van der Waals surface area contributed by atoms with Crippen molar-refractivity contribution in [3.8, 4) is 0 Å². The number of unbranched alkanes of at least 4 members (excludes halogenated alkanes) is 63. The van der Waals surface area contributed by atoms with E-state index < -0.39 is 26.5 Å². The van der Waals surface area contributed by atoms with Crippen molar-refractivity contribution in [2.45, 2.75) is 450 Å². The van der Waals surface area contributed by atoms with E-state index in [9.17, 15) is 19.0 Å². The summed E-state index contributed by atoms with van der Waals surface area (Å²) < 4.78 is 34.8. The Morgan fingerprint density at radius 2 is 0.506 bits per heavy atom. The van der Waals surface area contributed by atoms with E-state index in [1.165, 1.54) is 379 Å². The van der Waals surface area contributed by atoms with E-state index in [4.69, 9.17) is 18.5 Å². The number of rotatable bonds is 77. The van der Waals surface area contributed by atoms with Crippen molar-refractivity contribution >= 4 is 19.8 Å². The SMILES string of the molecule is CCCCCCCCCCCCCCCCCCCCCCCCCCCCCCCCCCCCC(=O)OC(COC(=O)CCCCCCCCCCCCCCCCCCCCCCCCCCCCCCCCC)COP(=O)(O)OCC[N+](C)(C)C. The maximum absolute atomic E-state index is 12.9. The van der Waals surface area contributed by atoms with Crippen LogP contribution in [0.25, 0.3) is 0 Å². The number of carbonyl (C=O) groups excluding carboxylic acids is 2. The molecule has 1 N–H and O–H groups in total. The van der Waals surface area contributed by atoms with Gasteiger partial charge in [-0.1, -0.05) is 418 Å². The normalized spacial score (nSPS) is 12.9. The van der Waals surface area contributed by atoms with Gasteiger partial charge in [0, 0.05) is 12.8 Å². The molecule has 532 valence electrons. The zero-order valence-corrected chi connectivity index (χ0v) is 61.9. The summed E-state index contributed by atoms with van der Waals surface area (Å²) in [5.74, 6) is -0.764. The predicted octanol–water partition coefficient (Wildman–Crippen LogP) is 26.5. The molecular formula is C79H159NO8P+.